The van der Waals surface area contributed by atoms with Crippen LogP contribution in [0, 0.1) is 11.3 Å². The highest BCUT2D eigenvalue weighted by Gasteiger charge is 2.16. The van der Waals surface area contributed by atoms with Crippen molar-refractivity contribution in [1.29, 1.82) is 5.26 Å². The number of esters is 1. The maximum Gasteiger partial charge on any atom is 0.331 e. The van der Waals surface area contributed by atoms with E-state index in [1.165, 1.54) is 11.0 Å². The van der Waals surface area contributed by atoms with Crippen LogP contribution < -0.4 is 9.64 Å². The summed E-state index contributed by atoms with van der Waals surface area (Å²) in [5, 5.41) is 8.90. The lowest BCUT2D eigenvalue weighted by molar-refractivity contribution is -0.142. The number of hydrogen-bond donors (Lipinski definition) is 0. The van der Waals surface area contributed by atoms with Gasteiger partial charge in [0.25, 0.3) is 5.91 Å². The van der Waals surface area contributed by atoms with Gasteiger partial charge < -0.3 is 9.47 Å². The molecule has 6 nitrogen and oxygen atoms in total. The first-order valence-corrected chi connectivity index (χ1v) is 7.85. The first kappa shape index (κ1) is 18.7. The minimum absolute atomic E-state index is 0.123. The lowest BCUT2D eigenvalue weighted by atomic mass is 10.2. The Kier molecular flexibility index (Phi) is 6.95. The fourth-order valence-corrected chi connectivity index (χ4v) is 2.14. The highest BCUT2D eigenvalue weighted by molar-refractivity contribution is 5.96. The number of para-hydroxylation sites is 1. The van der Waals surface area contributed by atoms with Crippen LogP contribution in [0.4, 0.5) is 5.69 Å². The Morgan fingerprint density at radius 1 is 1.12 bits per heavy atom. The third-order valence-corrected chi connectivity index (χ3v) is 3.46. The van der Waals surface area contributed by atoms with E-state index in [2.05, 4.69) is 0 Å². The van der Waals surface area contributed by atoms with Gasteiger partial charge in [0, 0.05) is 11.8 Å². The number of anilines is 1. The van der Waals surface area contributed by atoms with E-state index in [0.717, 1.165) is 5.56 Å². The molecule has 2 aromatic rings. The third-order valence-electron chi connectivity index (χ3n) is 3.46. The summed E-state index contributed by atoms with van der Waals surface area (Å²) < 4.78 is 10.0. The van der Waals surface area contributed by atoms with Crippen LogP contribution in [0.1, 0.15) is 5.56 Å². The van der Waals surface area contributed by atoms with Crippen molar-refractivity contribution in [2.45, 2.75) is 0 Å². The second-order valence-corrected chi connectivity index (χ2v) is 5.19. The first-order valence-electron chi connectivity index (χ1n) is 7.85. The van der Waals surface area contributed by atoms with Gasteiger partial charge in [0.2, 0.25) is 0 Å². The first-order chi connectivity index (χ1) is 12.6. The van der Waals surface area contributed by atoms with E-state index in [4.69, 9.17) is 14.7 Å². The van der Waals surface area contributed by atoms with E-state index in [9.17, 15) is 9.59 Å². The van der Waals surface area contributed by atoms with Crippen molar-refractivity contribution in [3.05, 3.63) is 66.2 Å². The summed E-state index contributed by atoms with van der Waals surface area (Å²) in [5.74, 6) is -0.392. The average molecular weight is 350 g/mol. The van der Waals surface area contributed by atoms with E-state index < -0.39 is 18.5 Å². The molecule has 0 fully saturated rings. The van der Waals surface area contributed by atoms with Crippen molar-refractivity contribution in [1.82, 2.24) is 0 Å². The lowest BCUT2D eigenvalue weighted by Gasteiger charge is -2.19. The van der Waals surface area contributed by atoms with Crippen LogP contribution in [-0.4, -0.2) is 32.1 Å². The molecule has 26 heavy (non-hydrogen) atoms. The Bertz CT molecular complexity index is 808. The molecule has 6 heteroatoms. The molecule has 0 aliphatic rings. The molecular weight excluding hydrogens is 332 g/mol. The highest BCUT2D eigenvalue weighted by Crippen LogP contribution is 2.14. The van der Waals surface area contributed by atoms with E-state index in [1.54, 1.807) is 61.7 Å². The minimum atomic E-state index is -0.640. The van der Waals surface area contributed by atoms with Gasteiger partial charge in [-0.15, -0.1) is 0 Å². The van der Waals surface area contributed by atoms with E-state index in [-0.39, 0.29) is 6.54 Å². The zero-order valence-corrected chi connectivity index (χ0v) is 14.3. The van der Waals surface area contributed by atoms with Gasteiger partial charge in [-0.2, -0.15) is 5.26 Å². The number of nitrogens with zero attached hydrogens (tertiary/aromatic N) is 2. The van der Waals surface area contributed by atoms with Crippen molar-refractivity contribution >= 4 is 23.6 Å². The average Bonchev–Trinajstić information content (AvgIpc) is 2.69. The molecule has 0 saturated heterocycles. The van der Waals surface area contributed by atoms with Crippen LogP contribution in [0.2, 0.25) is 0 Å². The van der Waals surface area contributed by atoms with Crippen LogP contribution >= 0.6 is 0 Å². The summed E-state index contributed by atoms with van der Waals surface area (Å²) in [5.41, 5.74) is 1.37. The van der Waals surface area contributed by atoms with Crippen molar-refractivity contribution < 1.29 is 19.1 Å². The Hall–Kier alpha value is -3.59. The maximum atomic E-state index is 12.2. The number of hydrogen-bond acceptors (Lipinski definition) is 5. The van der Waals surface area contributed by atoms with Crippen LogP contribution in [0.25, 0.3) is 6.08 Å². The second-order valence-electron chi connectivity index (χ2n) is 5.19. The van der Waals surface area contributed by atoms with Crippen molar-refractivity contribution in [3.8, 4) is 11.8 Å². The molecule has 2 rings (SSSR count). The highest BCUT2D eigenvalue weighted by atomic mass is 16.5. The Morgan fingerprint density at radius 3 is 2.42 bits per heavy atom. The standard InChI is InChI=1S/C20H18N2O4/c1-25-18-10-7-16(8-11-18)9-12-20(24)26-15-19(23)22(14-13-21)17-5-3-2-4-6-17/h2-12H,14-15H2,1H3/b12-9+. The molecule has 0 bridgehead atoms. The zero-order chi connectivity index (χ0) is 18.8. The van der Waals surface area contributed by atoms with Gasteiger partial charge in [0.1, 0.15) is 12.3 Å². The molecule has 0 radical (unpaired) electrons. The summed E-state index contributed by atoms with van der Waals surface area (Å²) in [4.78, 5) is 25.3. The fourth-order valence-electron chi connectivity index (χ4n) is 2.14. The predicted molar refractivity (Wildman–Crippen MR) is 97.4 cm³/mol. The topological polar surface area (TPSA) is 79.6 Å². The van der Waals surface area contributed by atoms with Crippen molar-refractivity contribution in [2.75, 3.05) is 25.2 Å². The number of ether oxygens (including phenoxy) is 2. The molecule has 0 spiro atoms. The van der Waals surface area contributed by atoms with Crippen LogP contribution in [0.5, 0.6) is 5.75 Å². The molecule has 0 heterocycles. The van der Waals surface area contributed by atoms with Crippen LogP contribution in [0.15, 0.2) is 60.7 Å². The van der Waals surface area contributed by atoms with Gasteiger partial charge in [0.15, 0.2) is 6.61 Å². The molecule has 0 saturated carbocycles. The molecule has 132 valence electrons. The monoisotopic (exact) mass is 350 g/mol. The number of carbonyl (C=O) groups excluding carboxylic acids is 2. The van der Waals surface area contributed by atoms with E-state index in [0.29, 0.717) is 11.4 Å². The maximum absolute atomic E-state index is 12.2. The zero-order valence-electron chi connectivity index (χ0n) is 14.3. The van der Waals surface area contributed by atoms with Gasteiger partial charge in [-0.1, -0.05) is 30.3 Å². The SMILES string of the molecule is COc1ccc(/C=C/C(=O)OCC(=O)N(CC#N)c2ccccc2)cc1. The molecule has 0 aliphatic heterocycles. The predicted octanol–water partition coefficient (Wildman–Crippen LogP) is 2.81. The van der Waals surface area contributed by atoms with Crippen molar-refractivity contribution in [3.63, 3.8) is 0 Å². The summed E-state index contributed by atoms with van der Waals surface area (Å²) in [6.07, 6.45) is 2.82. The number of benzene rings is 2. The lowest BCUT2D eigenvalue weighted by Crippen LogP contribution is -2.34. The summed E-state index contributed by atoms with van der Waals surface area (Å²) in [6.45, 7) is -0.565. The molecule has 0 aromatic heterocycles. The number of rotatable bonds is 7. The van der Waals surface area contributed by atoms with Gasteiger partial charge >= 0.3 is 5.97 Å². The third kappa shape index (κ3) is 5.49. The van der Waals surface area contributed by atoms with Gasteiger partial charge in [-0.3, -0.25) is 9.69 Å². The number of amides is 1. The minimum Gasteiger partial charge on any atom is -0.497 e. The summed E-state index contributed by atoms with van der Waals surface area (Å²) in [7, 11) is 1.57. The molecule has 0 N–H and O–H groups in total. The quantitative estimate of drug-likeness (QED) is 0.436. The molecule has 2 aromatic carbocycles. The molecular formula is C20H18N2O4. The Labute approximate surface area is 151 Å². The molecule has 1 amide bonds. The largest absolute Gasteiger partial charge is 0.497 e. The summed E-state index contributed by atoms with van der Waals surface area (Å²) in [6, 6.07) is 17.8. The normalized spacial score (nSPS) is 10.2. The van der Waals surface area contributed by atoms with E-state index in [1.807, 2.05) is 12.1 Å². The Balaban J connectivity index is 1.91. The van der Waals surface area contributed by atoms with Crippen molar-refractivity contribution in [2.24, 2.45) is 0 Å². The van der Waals surface area contributed by atoms with Gasteiger partial charge in [-0.05, 0) is 35.9 Å². The smallest absolute Gasteiger partial charge is 0.331 e. The number of methoxy groups -OCH3 is 1. The van der Waals surface area contributed by atoms with Crippen LogP contribution in [0.3, 0.4) is 0 Å². The van der Waals surface area contributed by atoms with Crippen LogP contribution in [-0.2, 0) is 14.3 Å². The number of carbonyl (C=O) groups is 2. The van der Waals surface area contributed by atoms with E-state index >= 15 is 0 Å². The van der Waals surface area contributed by atoms with Gasteiger partial charge in [0.05, 0.1) is 13.2 Å². The fraction of sp³-hybridized carbons (Fsp3) is 0.150. The second kappa shape index (κ2) is 9.64. The molecule has 0 unspecified atom stereocenters. The molecule has 0 aliphatic carbocycles. The van der Waals surface area contributed by atoms with Gasteiger partial charge in [-0.25, -0.2) is 4.79 Å². The Morgan fingerprint density at radius 2 is 1.81 bits per heavy atom. The summed E-state index contributed by atoms with van der Waals surface area (Å²) >= 11 is 0. The molecule has 0 atom stereocenters. The number of nitriles is 1.